The molecule has 0 saturated carbocycles. The molecule has 2 unspecified atom stereocenters. The van der Waals surface area contributed by atoms with Gasteiger partial charge in [-0.25, -0.2) is 0 Å². The van der Waals surface area contributed by atoms with Crippen LogP contribution in [0.15, 0.2) is 0 Å². The first-order chi connectivity index (χ1) is 6.24. The number of carbonyl (C=O) groups is 1. The average molecular weight is 222 g/mol. The molecule has 1 aliphatic rings. The molecule has 0 aromatic carbocycles. The minimum Gasteiger partial charge on any atom is -0.352 e. The van der Waals surface area contributed by atoms with Crippen LogP contribution in [0, 0.1) is 5.92 Å². The maximum absolute atomic E-state index is 11.4. The third kappa shape index (κ3) is 3.77. The van der Waals surface area contributed by atoms with Gasteiger partial charge in [-0.3, -0.25) is 4.79 Å². The molecule has 1 rings (SSSR count). The summed E-state index contributed by atoms with van der Waals surface area (Å²) in [4.78, 5) is 11.4. The van der Waals surface area contributed by atoms with Gasteiger partial charge in [-0.1, -0.05) is 6.92 Å². The number of amides is 1. The molecule has 13 heavy (non-hydrogen) atoms. The fraction of sp³-hybridized carbons (Fsp3) is 0.889. The average Bonchev–Trinajstić information content (AvgIpc) is 2.18. The molecule has 76 valence electrons. The van der Waals surface area contributed by atoms with Crippen LogP contribution in [0.5, 0.6) is 0 Å². The van der Waals surface area contributed by atoms with Crippen LogP contribution in [0.1, 0.15) is 19.8 Å². The van der Waals surface area contributed by atoms with E-state index in [-0.39, 0.29) is 11.8 Å². The Bertz CT molecular complexity index is 171. The van der Waals surface area contributed by atoms with Gasteiger partial charge in [0.25, 0.3) is 0 Å². The molecule has 0 radical (unpaired) electrons. The lowest BCUT2D eigenvalue weighted by Crippen LogP contribution is -2.41. The number of alkyl halides is 1. The number of thioether (sulfide) groups is 1. The number of hydrogen-bond donors (Lipinski definition) is 1. The first-order valence-corrected chi connectivity index (χ1v) is 6.37. The number of rotatable bonds is 3. The van der Waals surface area contributed by atoms with E-state index in [9.17, 15) is 4.79 Å². The van der Waals surface area contributed by atoms with Crippen molar-refractivity contribution in [3.05, 3.63) is 0 Å². The summed E-state index contributed by atoms with van der Waals surface area (Å²) in [5, 5.41) is 3.03. The standard InChI is InChI=1S/C9H16ClNOS/c1-7(5-10)9(12)11-8-3-2-4-13-6-8/h7-8H,2-6H2,1H3,(H,11,12). The Labute approximate surface area is 88.8 Å². The van der Waals surface area contributed by atoms with Crippen LogP contribution in [0.4, 0.5) is 0 Å². The topological polar surface area (TPSA) is 29.1 Å². The Balaban J connectivity index is 2.26. The Morgan fingerprint density at radius 1 is 1.77 bits per heavy atom. The van der Waals surface area contributed by atoms with Crippen molar-refractivity contribution in [2.75, 3.05) is 17.4 Å². The van der Waals surface area contributed by atoms with Crippen LogP contribution in [0.3, 0.4) is 0 Å². The summed E-state index contributed by atoms with van der Waals surface area (Å²) in [6, 6.07) is 0.372. The van der Waals surface area contributed by atoms with E-state index in [2.05, 4.69) is 5.32 Å². The molecule has 1 heterocycles. The lowest BCUT2D eigenvalue weighted by atomic mass is 10.1. The van der Waals surface area contributed by atoms with Crippen LogP contribution < -0.4 is 5.32 Å². The lowest BCUT2D eigenvalue weighted by Gasteiger charge is -2.23. The SMILES string of the molecule is CC(CCl)C(=O)NC1CCCSC1. The molecule has 1 fully saturated rings. The van der Waals surface area contributed by atoms with Gasteiger partial charge in [-0.05, 0) is 18.6 Å². The van der Waals surface area contributed by atoms with Gasteiger partial charge < -0.3 is 5.32 Å². The molecule has 4 heteroatoms. The van der Waals surface area contributed by atoms with Gasteiger partial charge in [0.05, 0.1) is 0 Å². The molecule has 0 bridgehead atoms. The van der Waals surface area contributed by atoms with Gasteiger partial charge in [0.15, 0.2) is 0 Å². The molecule has 1 aliphatic heterocycles. The number of carbonyl (C=O) groups excluding carboxylic acids is 1. The molecular formula is C9H16ClNOS. The van der Waals surface area contributed by atoms with Crippen molar-refractivity contribution in [2.24, 2.45) is 5.92 Å². The van der Waals surface area contributed by atoms with E-state index < -0.39 is 0 Å². The Morgan fingerprint density at radius 3 is 3.08 bits per heavy atom. The molecule has 2 nitrogen and oxygen atoms in total. The van der Waals surface area contributed by atoms with Crippen LogP contribution in [-0.4, -0.2) is 29.3 Å². The highest BCUT2D eigenvalue weighted by Gasteiger charge is 2.18. The van der Waals surface area contributed by atoms with Crippen molar-refractivity contribution < 1.29 is 4.79 Å². The van der Waals surface area contributed by atoms with Gasteiger partial charge in [-0.15, -0.1) is 11.6 Å². The zero-order chi connectivity index (χ0) is 9.68. The van der Waals surface area contributed by atoms with Crippen LogP contribution >= 0.6 is 23.4 Å². The second-order valence-electron chi connectivity index (χ2n) is 3.48. The number of nitrogens with one attached hydrogen (secondary N) is 1. The summed E-state index contributed by atoms with van der Waals surface area (Å²) in [5.74, 6) is 2.74. The van der Waals surface area contributed by atoms with Crippen molar-refractivity contribution in [2.45, 2.75) is 25.8 Å². The molecule has 1 amide bonds. The zero-order valence-corrected chi connectivity index (χ0v) is 9.46. The predicted molar refractivity (Wildman–Crippen MR) is 58.4 cm³/mol. The highest BCUT2D eigenvalue weighted by atomic mass is 35.5. The maximum atomic E-state index is 11.4. The first kappa shape index (κ1) is 11.2. The van der Waals surface area contributed by atoms with Crippen molar-refractivity contribution in [3.8, 4) is 0 Å². The Hall–Kier alpha value is 0.110. The molecule has 0 aliphatic carbocycles. The smallest absolute Gasteiger partial charge is 0.224 e. The summed E-state index contributed by atoms with van der Waals surface area (Å²) >= 11 is 7.52. The van der Waals surface area contributed by atoms with Crippen molar-refractivity contribution in [1.29, 1.82) is 0 Å². The van der Waals surface area contributed by atoms with Gasteiger partial charge >= 0.3 is 0 Å². The second kappa shape index (κ2) is 5.76. The zero-order valence-electron chi connectivity index (χ0n) is 7.88. The molecule has 2 atom stereocenters. The van der Waals surface area contributed by atoms with Crippen molar-refractivity contribution in [3.63, 3.8) is 0 Å². The summed E-state index contributed by atoms with van der Waals surface area (Å²) < 4.78 is 0. The summed E-state index contributed by atoms with van der Waals surface area (Å²) in [6.45, 7) is 1.86. The van der Waals surface area contributed by atoms with E-state index in [1.54, 1.807) is 0 Å². The normalized spacial score (nSPS) is 25.2. The Morgan fingerprint density at radius 2 is 2.54 bits per heavy atom. The van der Waals surface area contributed by atoms with E-state index in [1.807, 2.05) is 18.7 Å². The van der Waals surface area contributed by atoms with Gasteiger partial charge in [0.2, 0.25) is 5.91 Å². The van der Waals surface area contributed by atoms with E-state index in [1.165, 1.54) is 12.2 Å². The monoisotopic (exact) mass is 221 g/mol. The number of hydrogen-bond acceptors (Lipinski definition) is 2. The molecule has 1 N–H and O–H groups in total. The van der Waals surface area contributed by atoms with E-state index >= 15 is 0 Å². The number of halogens is 1. The third-order valence-electron chi connectivity index (χ3n) is 2.19. The van der Waals surface area contributed by atoms with Crippen LogP contribution in [0.2, 0.25) is 0 Å². The fourth-order valence-corrected chi connectivity index (χ4v) is 2.48. The quantitative estimate of drug-likeness (QED) is 0.738. The maximum Gasteiger partial charge on any atom is 0.224 e. The predicted octanol–water partition coefficient (Wildman–Crippen LogP) is 1.87. The summed E-state index contributed by atoms with van der Waals surface area (Å²) in [5.41, 5.74) is 0. The van der Waals surface area contributed by atoms with E-state index in [0.717, 1.165) is 12.2 Å². The van der Waals surface area contributed by atoms with Gasteiger partial charge in [0, 0.05) is 23.6 Å². The largest absolute Gasteiger partial charge is 0.352 e. The molecule has 0 aromatic rings. The summed E-state index contributed by atoms with van der Waals surface area (Å²) in [7, 11) is 0. The van der Waals surface area contributed by atoms with Gasteiger partial charge in [0.1, 0.15) is 0 Å². The van der Waals surface area contributed by atoms with Crippen molar-refractivity contribution >= 4 is 29.3 Å². The van der Waals surface area contributed by atoms with Crippen LogP contribution in [-0.2, 0) is 4.79 Å². The minimum absolute atomic E-state index is 0.0615. The van der Waals surface area contributed by atoms with E-state index in [4.69, 9.17) is 11.6 Å². The third-order valence-corrected chi connectivity index (χ3v) is 3.86. The van der Waals surface area contributed by atoms with Gasteiger partial charge in [-0.2, -0.15) is 11.8 Å². The Kier molecular flexibility index (Phi) is 4.96. The molecule has 1 saturated heterocycles. The first-order valence-electron chi connectivity index (χ1n) is 4.68. The van der Waals surface area contributed by atoms with Crippen molar-refractivity contribution in [1.82, 2.24) is 5.32 Å². The molecular weight excluding hydrogens is 206 g/mol. The summed E-state index contributed by atoms with van der Waals surface area (Å²) in [6.07, 6.45) is 2.33. The second-order valence-corrected chi connectivity index (χ2v) is 4.94. The van der Waals surface area contributed by atoms with E-state index in [0.29, 0.717) is 11.9 Å². The lowest BCUT2D eigenvalue weighted by molar-refractivity contribution is -0.124. The highest BCUT2D eigenvalue weighted by Crippen LogP contribution is 2.17. The highest BCUT2D eigenvalue weighted by molar-refractivity contribution is 7.99. The molecule has 0 aromatic heterocycles. The molecule has 0 spiro atoms. The minimum atomic E-state index is -0.0615. The fourth-order valence-electron chi connectivity index (χ4n) is 1.27. The van der Waals surface area contributed by atoms with Crippen LogP contribution in [0.25, 0.3) is 0 Å².